The van der Waals surface area contributed by atoms with E-state index in [9.17, 15) is 8.78 Å². The van der Waals surface area contributed by atoms with Gasteiger partial charge in [0.15, 0.2) is 0 Å². The average Bonchev–Trinajstić information content (AvgIpc) is 3.09. The third-order valence-corrected chi connectivity index (χ3v) is 4.14. The molecule has 1 atom stereocenters. The zero-order valence-corrected chi connectivity index (χ0v) is 13.9. The standard InChI is InChI=1S/C17H12ClF2N5O/c18-12-3-1-2-11(8-12)15-9-14(21-17-22-23-24-25(15)17)10-4-6-13(7-5-10)26-16(19)20/h1-9,15-16H,(H,21,22,24)/t15-/m1/s1. The number of hydrogen-bond acceptors (Lipinski definition) is 5. The number of alkyl halides is 2. The number of fused-ring (bicyclic) bond motifs is 1. The summed E-state index contributed by atoms with van der Waals surface area (Å²) in [5, 5.41) is 15.5. The Labute approximate surface area is 152 Å². The van der Waals surface area contributed by atoms with E-state index in [1.807, 2.05) is 24.3 Å². The van der Waals surface area contributed by atoms with Gasteiger partial charge in [-0.15, -0.1) is 0 Å². The summed E-state index contributed by atoms with van der Waals surface area (Å²) in [6, 6.07) is 13.5. The smallest absolute Gasteiger partial charge is 0.387 e. The number of tetrazole rings is 1. The monoisotopic (exact) mass is 375 g/mol. The summed E-state index contributed by atoms with van der Waals surface area (Å²) in [5.41, 5.74) is 2.46. The summed E-state index contributed by atoms with van der Waals surface area (Å²) in [6.07, 6.45) is 1.94. The van der Waals surface area contributed by atoms with Crippen molar-refractivity contribution in [3.8, 4) is 5.75 Å². The number of nitrogens with one attached hydrogen (secondary N) is 1. The van der Waals surface area contributed by atoms with Crippen LogP contribution in [0.25, 0.3) is 5.70 Å². The van der Waals surface area contributed by atoms with Crippen LogP contribution in [0.4, 0.5) is 14.7 Å². The largest absolute Gasteiger partial charge is 0.435 e. The minimum atomic E-state index is -2.86. The molecular weight excluding hydrogens is 364 g/mol. The van der Waals surface area contributed by atoms with Crippen molar-refractivity contribution in [1.82, 2.24) is 20.2 Å². The molecule has 2 heterocycles. The quantitative estimate of drug-likeness (QED) is 0.747. The van der Waals surface area contributed by atoms with Gasteiger partial charge in [-0.25, -0.2) is 0 Å². The van der Waals surface area contributed by atoms with Crippen molar-refractivity contribution in [3.05, 3.63) is 70.8 Å². The first kappa shape index (κ1) is 16.5. The second kappa shape index (κ2) is 6.72. The maximum Gasteiger partial charge on any atom is 0.387 e. The molecular formula is C17H12ClF2N5O. The fourth-order valence-corrected chi connectivity index (χ4v) is 2.96. The lowest BCUT2D eigenvalue weighted by Gasteiger charge is -2.23. The van der Waals surface area contributed by atoms with Crippen molar-refractivity contribution in [1.29, 1.82) is 0 Å². The summed E-state index contributed by atoms with van der Waals surface area (Å²) in [5.74, 6) is 0.566. The Morgan fingerprint density at radius 2 is 1.96 bits per heavy atom. The zero-order valence-electron chi connectivity index (χ0n) is 13.2. The highest BCUT2D eigenvalue weighted by Gasteiger charge is 2.24. The molecule has 0 amide bonds. The molecule has 1 aliphatic rings. The average molecular weight is 376 g/mol. The number of hydrogen-bond donors (Lipinski definition) is 1. The van der Waals surface area contributed by atoms with E-state index in [1.165, 1.54) is 12.1 Å². The maximum atomic E-state index is 12.3. The molecule has 1 aliphatic heterocycles. The molecule has 0 radical (unpaired) electrons. The predicted molar refractivity (Wildman–Crippen MR) is 92.1 cm³/mol. The van der Waals surface area contributed by atoms with Crippen LogP contribution in [0.2, 0.25) is 5.02 Å². The number of aromatic nitrogens is 4. The van der Waals surface area contributed by atoms with E-state index < -0.39 is 6.61 Å². The minimum Gasteiger partial charge on any atom is -0.435 e. The zero-order chi connectivity index (χ0) is 18.1. The molecule has 6 nitrogen and oxygen atoms in total. The van der Waals surface area contributed by atoms with Gasteiger partial charge >= 0.3 is 6.61 Å². The number of rotatable bonds is 4. The number of anilines is 1. The highest BCUT2D eigenvalue weighted by molar-refractivity contribution is 6.30. The van der Waals surface area contributed by atoms with Crippen LogP contribution in [0.5, 0.6) is 5.75 Å². The molecule has 0 spiro atoms. The molecule has 9 heteroatoms. The Kier molecular flexibility index (Phi) is 4.26. The Bertz CT molecular complexity index is 958. The van der Waals surface area contributed by atoms with Crippen molar-refractivity contribution >= 4 is 23.2 Å². The van der Waals surface area contributed by atoms with Crippen LogP contribution in [0.15, 0.2) is 54.6 Å². The summed E-state index contributed by atoms with van der Waals surface area (Å²) in [4.78, 5) is 0. The number of ether oxygens (including phenoxy) is 1. The fourth-order valence-electron chi connectivity index (χ4n) is 2.77. The van der Waals surface area contributed by atoms with Crippen molar-refractivity contribution in [2.45, 2.75) is 12.7 Å². The minimum absolute atomic E-state index is 0.0939. The molecule has 1 N–H and O–H groups in total. The Hall–Kier alpha value is -3.00. The Balaban J connectivity index is 1.70. The number of benzene rings is 2. The SMILES string of the molecule is FC(F)Oc1ccc(C2=C[C@H](c3cccc(Cl)c3)n3nnnc3N2)cc1. The van der Waals surface area contributed by atoms with Crippen molar-refractivity contribution in [3.63, 3.8) is 0 Å². The molecule has 4 rings (SSSR count). The van der Waals surface area contributed by atoms with Crippen LogP contribution >= 0.6 is 11.6 Å². The molecule has 0 bridgehead atoms. The van der Waals surface area contributed by atoms with Gasteiger partial charge in [0, 0.05) is 10.7 Å². The Morgan fingerprint density at radius 1 is 1.15 bits per heavy atom. The van der Waals surface area contributed by atoms with E-state index in [1.54, 1.807) is 22.9 Å². The maximum absolute atomic E-state index is 12.3. The van der Waals surface area contributed by atoms with E-state index in [-0.39, 0.29) is 11.8 Å². The van der Waals surface area contributed by atoms with Crippen molar-refractivity contribution in [2.75, 3.05) is 5.32 Å². The third kappa shape index (κ3) is 3.23. The second-order valence-electron chi connectivity index (χ2n) is 5.56. The summed E-state index contributed by atoms with van der Waals surface area (Å²) in [6.45, 7) is -2.86. The first-order chi connectivity index (χ1) is 12.6. The molecule has 132 valence electrons. The van der Waals surface area contributed by atoms with Gasteiger partial charge in [-0.3, -0.25) is 0 Å². The summed E-state index contributed by atoms with van der Waals surface area (Å²) < 4.78 is 30.6. The molecule has 0 saturated heterocycles. The van der Waals surface area contributed by atoms with Crippen LogP contribution in [-0.2, 0) is 0 Å². The number of nitrogens with zero attached hydrogens (tertiary/aromatic N) is 4. The second-order valence-corrected chi connectivity index (χ2v) is 5.99. The third-order valence-electron chi connectivity index (χ3n) is 3.91. The van der Waals surface area contributed by atoms with Crippen LogP contribution in [0, 0.1) is 0 Å². The van der Waals surface area contributed by atoms with Crippen molar-refractivity contribution < 1.29 is 13.5 Å². The molecule has 0 fully saturated rings. The lowest BCUT2D eigenvalue weighted by Crippen LogP contribution is -2.20. The predicted octanol–water partition coefficient (Wildman–Crippen LogP) is 3.98. The lowest BCUT2D eigenvalue weighted by atomic mass is 10.0. The summed E-state index contributed by atoms with van der Waals surface area (Å²) >= 11 is 6.11. The van der Waals surface area contributed by atoms with Gasteiger partial charge in [0.05, 0.1) is 0 Å². The van der Waals surface area contributed by atoms with E-state index in [2.05, 4.69) is 25.6 Å². The van der Waals surface area contributed by atoms with Crippen LogP contribution in [0.1, 0.15) is 17.2 Å². The first-order valence-electron chi connectivity index (χ1n) is 7.67. The molecule has 26 heavy (non-hydrogen) atoms. The van der Waals surface area contributed by atoms with E-state index >= 15 is 0 Å². The first-order valence-corrected chi connectivity index (χ1v) is 8.05. The number of halogens is 3. The topological polar surface area (TPSA) is 64.9 Å². The molecule has 2 aromatic carbocycles. The molecule has 3 aromatic rings. The number of allylic oxidation sites excluding steroid dienone is 1. The van der Waals surface area contributed by atoms with Gasteiger partial charge in [-0.2, -0.15) is 13.5 Å². The molecule has 0 aliphatic carbocycles. The van der Waals surface area contributed by atoms with E-state index in [0.717, 1.165) is 16.8 Å². The highest BCUT2D eigenvalue weighted by atomic mass is 35.5. The molecule has 0 unspecified atom stereocenters. The van der Waals surface area contributed by atoms with Crippen LogP contribution in [0.3, 0.4) is 0 Å². The van der Waals surface area contributed by atoms with E-state index in [4.69, 9.17) is 11.6 Å². The van der Waals surface area contributed by atoms with Crippen LogP contribution in [-0.4, -0.2) is 26.8 Å². The van der Waals surface area contributed by atoms with Gasteiger partial charge in [-0.05, 0) is 64.0 Å². The van der Waals surface area contributed by atoms with Gasteiger partial charge in [0.1, 0.15) is 11.8 Å². The molecule has 0 saturated carbocycles. The van der Waals surface area contributed by atoms with Gasteiger partial charge in [0.25, 0.3) is 0 Å². The lowest BCUT2D eigenvalue weighted by molar-refractivity contribution is -0.0498. The van der Waals surface area contributed by atoms with Crippen molar-refractivity contribution in [2.24, 2.45) is 0 Å². The van der Waals surface area contributed by atoms with Gasteiger partial charge < -0.3 is 10.1 Å². The molecule has 1 aromatic heterocycles. The van der Waals surface area contributed by atoms with E-state index in [0.29, 0.717) is 11.0 Å². The highest BCUT2D eigenvalue weighted by Crippen LogP contribution is 2.32. The Morgan fingerprint density at radius 3 is 2.69 bits per heavy atom. The van der Waals surface area contributed by atoms with Crippen LogP contribution < -0.4 is 10.1 Å². The van der Waals surface area contributed by atoms with Gasteiger partial charge in [-0.1, -0.05) is 28.8 Å². The fraction of sp³-hybridized carbons (Fsp3) is 0.118. The van der Waals surface area contributed by atoms with Gasteiger partial charge in [0.2, 0.25) is 5.95 Å². The normalized spacial score (nSPS) is 16.0. The summed E-state index contributed by atoms with van der Waals surface area (Å²) in [7, 11) is 0.